The van der Waals surface area contributed by atoms with E-state index in [4.69, 9.17) is 15.0 Å². The van der Waals surface area contributed by atoms with E-state index < -0.39 is 0 Å². The Labute approximate surface area is 347 Å². The number of H-pyrrole nitrogens is 3. The predicted octanol–water partition coefficient (Wildman–Crippen LogP) is 12.0. The van der Waals surface area contributed by atoms with Gasteiger partial charge in [-0.3, -0.25) is 30.2 Å². The summed E-state index contributed by atoms with van der Waals surface area (Å²) in [5.74, 6) is 0. The van der Waals surface area contributed by atoms with Crippen molar-refractivity contribution < 1.29 is 0 Å². The molecule has 0 spiro atoms. The van der Waals surface area contributed by atoms with E-state index in [0.29, 0.717) is 0 Å². The molecule has 0 saturated heterocycles. The van der Waals surface area contributed by atoms with E-state index in [2.05, 4.69) is 140 Å². The van der Waals surface area contributed by atoms with Crippen LogP contribution in [0, 0.1) is 20.8 Å². The number of pyridine rings is 3. The highest BCUT2D eigenvalue weighted by Crippen LogP contribution is 2.42. The molecule has 3 N–H and O–H groups in total. The van der Waals surface area contributed by atoms with Gasteiger partial charge in [0.1, 0.15) is 0 Å². The average Bonchev–Trinajstić information content (AvgIpc) is 4.07. The average molecular weight is 778 g/mol. The highest BCUT2D eigenvalue weighted by Gasteiger charge is 2.17. The van der Waals surface area contributed by atoms with Crippen molar-refractivity contribution in [2.75, 3.05) is 0 Å². The molecule has 6 heterocycles. The summed E-state index contributed by atoms with van der Waals surface area (Å²) in [4.78, 5) is 14.6. The minimum Gasteiger partial charge on any atom is -0.276 e. The van der Waals surface area contributed by atoms with Crippen molar-refractivity contribution in [3.8, 4) is 101 Å². The maximum Gasteiger partial charge on any atom is 0.0880 e. The molecule has 9 nitrogen and oxygen atoms in total. The second kappa shape index (κ2) is 15.4. The fourth-order valence-electron chi connectivity index (χ4n) is 7.85. The molecule has 9 heteroatoms. The molecule has 0 radical (unpaired) electrons. The molecule has 4 aromatic carbocycles. The molecule has 10 aromatic rings. The van der Waals surface area contributed by atoms with E-state index in [1.54, 1.807) is 0 Å². The summed E-state index contributed by atoms with van der Waals surface area (Å²) in [6.45, 7) is 5.90. The van der Waals surface area contributed by atoms with Crippen LogP contribution in [0.1, 0.15) is 17.1 Å². The molecule has 6 aromatic heterocycles. The van der Waals surface area contributed by atoms with Gasteiger partial charge in [-0.15, -0.1) is 0 Å². The molecule has 0 atom stereocenters. The van der Waals surface area contributed by atoms with Crippen LogP contribution in [0.15, 0.2) is 164 Å². The minimum absolute atomic E-state index is 0.846. The van der Waals surface area contributed by atoms with Crippen molar-refractivity contribution in [2.24, 2.45) is 0 Å². The Morgan fingerprint density at radius 1 is 0.300 bits per heavy atom. The van der Waals surface area contributed by atoms with Crippen molar-refractivity contribution in [3.63, 3.8) is 0 Å². The second-order valence-electron chi connectivity index (χ2n) is 15.0. The molecular formula is C51H39N9. The first kappa shape index (κ1) is 36.3. The van der Waals surface area contributed by atoms with Gasteiger partial charge in [0.25, 0.3) is 0 Å². The van der Waals surface area contributed by atoms with Crippen LogP contribution in [0.3, 0.4) is 0 Å². The Morgan fingerprint density at radius 2 is 0.567 bits per heavy atom. The van der Waals surface area contributed by atoms with E-state index >= 15 is 0 Å². The predicted molar refractivity (Wildman–Crippen MR) is 239 cm³/mol. The van der Waals surface area contributed by atoms with Crippen LogP contribution in [-0.4, -0.2) is 45.5 Å². The number of aryl methyl sites for hydroxylation is 3. The van der Waals surface area contributed by atoms with Crippen LogP contribution in [0.2, 0.25) is 0 Å². The first-order valence-corrected chi connectivity index (χ1v) is 19.8. The molecule has 0 fully saturated rings. The zero-order valence-corrected chi connectivity index (χ0v) is 33.3. The summed E-state index contributed by atoms with van der Waals surface area (Å²) >= 11 is 0. The quantitative estimate of drug-likeness (QED) is 0.134. The Balaban J connectivity index is 1.12. The number of nitrogens with one attached hydrogen (secondary N) is 3. The van der Waals surface area contributed by atoms with Crippen molar-refractivity contribution >= 4 is 0 Å². The van der Waals surface area contributed by atoms with Crippen LogP contribution >= 0.6 is 0 Å². The molecule has 0 bridgehead atoms. The lowest BCUT2D eigenvalue weighted by molar-refractivity contribution is 1.04. The standard InChI is InChI=1S/C51H39N9/c1-31-22-49(58-55-31)46-19-16-34(28-52-46)40-10-4-7-13-43(40)37-25-38(44-14-8-5-11-41(44)35-17-20-47(53-29-35)50-23-32(2)56-59-50)27-39(26-37)45-15-9-6-12-42(45)36-18-21-48(54-30-36)51-24-33(3)57-60-51/h4-30H,1-3H3,(H,55,58)(H,56,59)(H,57,60). The minimum atomic E-state index is 0.846. The fraction of sp³-hybridized carbons (Fsp3) is 0.0588. The molecule has 288 valence electrons. The highest BCUT2D eigenvalue weighted by molar-refractivity contribution is 5.94. The summed E-state index contributed by atoms with van der Waals surface area (Å²) < 4.78 is 0. The third-order valence-electron chi connectivity index (χ3n) is 10.8. The van der Waals surface area contributed by atoms with Gasteiger partial charge in [0.2, 0.25) is 0 Å². The number of benzene rings is 4. The number of nitrogens with zero attached hydrogens (tertiary/aromatic N) is 6. The van der Waals surface area contributed by atoms with Gasteiger partial charge in [-0.25, -0.2) is 0 Å². The lowest BCUT2D eigenvalue weighted by Gasteiger charge is -2.18. The lowest BCUT2D eigenvalue weighted by atomic mass is 9.86. The molecule has 0 unspecified atom stereocenters. The van der Waals surface area contributed by atoms with Crippen LogP contribution in [0.4, 0.5) is 0 Å². The van der Waals surface area contributed by atoms with Gasteiger partial charge < -0.3 is 0 Å². The normalized spacial score (nSPS) is 11.2. The second-order valence-corrected chi connectivity index (χ2v) is 15.0. The highest BCUT2D eigenvalue weighted by atomic mass is 15.1. The van der Waals surface area contributed by atoms with Crippen molar-refractivity contribution in [2.45, 2.75) is 20.8 Å². The number of hydrogen-bond acceptors (Lipinski definition) is 6. The summed E-state index contributed by atoms with van der Waals surface area (Å²) in [6, 6.07) is 51.1. The molecule has 60 heavy (non-hydrogen) atoms. The molecule has 0 aliphatic carbocycles. The topological polar surface area (TPSA) is 125 Å². The van der Waals surface area contributed by atoms with E-state index in [0.717, 1.165) is 118 Å². The summed E-state index contributed by atoms with van der Waals surface area (Å²) in [5, 5.41) is 22.2. The molecule has 0 aliphatic heterocycles. The lowest BCUT2D eigenvalue weighted by Crippen LogP contribution is -1.93. The molecule has 10 rings (SSSR count). The largest absolute Gasteiger partial charge is 0.276 e. The number of rotatable bonds is 9. The van der Waals surface area contributed by atoms with Crippen molar-refractivity contribution in [3.05, 3.63) is 181 Å². The SMILES string of the molecule is Cc1cc(-c2ccc(-c3ccccc3-c3cc(-c4ccccc4-c4ccc(-c5cc(C)n[nH]5)nc4)cc(-c4ccccc4-c4ccc(-c5cc(C)n[nH]5)nc4)c3)cn2)[nH]n1. The zero-order chi connectivity index (χ0) is 40.6. The van der Waals surface area contributed by atoms with Gasteiger partial charge in [-0.05, 0) is 125 Å². The third kappa shape index (κ3) is 7.09. The summed E-state index contributed by atoms with van der Waals surface area (Å²) in [5.41, 5.74) is 20.9. The van der Waals surface area contributed by atoms with Gasteiger partial charge in [-0.2, -0.15) is 15.3 Å². The number of hydrogen-bond donors (Lipinski definition) is 3. The number of aromatic amines is 3. The third-order valence-corrected chi connectivity index (χ3v) is 10.8. The summed E-state index contributed by atoms with van der Waals surface area (Å²) in [6.07, 6.45) is 5.84. The van der Waals surface area contributed by atoms with E-state index in [1.165, 1.54) is 0 Å². The van der Waals surface area contributed by atoms with Crippen LogP contribution < -0.4 is 0 Å². The Kier molecular flexibility index (Phi) is 9.30. The number of aromatic nitrogens is 9. The Hall–Kier alpha value is -8.04. The fourth-order valence-corrected chi connectivity index (χ4v) is 7.85. The first-order valence-electron chi connectivity index (χ1n) is 19.8. The maximum absolute atomic E-state index is 4.85. The van der Waals surface area contributed by atoms with Gasteiger partial charge in [0, 0.05) is 35.3 Å². The summed E-state index contributed by atoms with van der Waals surface area (Å²) in [7, 11) is 0. The van der Waals surface area contributed by atoms with Gasteiger partial charge in [0.05, 0.1) is 51.2 Å². The van der Waals surface area contributed by atoms with E-state index in [-0.39, 0.29) is 0 Å². The van der Waals surface area contributed by atoms with E-state index in [1.807, 2.05) is 75.8 Å². The van der Waals surface area contributed by atoms with Crippen LogP contribution in [0.25, 0.3) is 101 Å². The van der Waals surface area contributed by atoms with Gasteiger partial charge >= 0.3 is 0 Å². The Bertz CT molecular complexity index is 2770. The first-order chi connectivity index (χ1) is 29.4. The maximum atomic E-state index is 4.85. The smallest absolute Gasteiger partial charge is 0.0880 e. The Morgan fingerprint density at radius 3 is 0.783 bits per heavy atom. The van der Waals surface area contributed by atoms with Gasteiger partial charge in [0.15, 0.2) is 0 Å². The zero-order valence-electron chi connectivity index (χ0n) is 33.3. The van der Waals surface area contributed by atoms with Crippen molar-refractivity contribution in [1.29, 1.82) is 0 Å². The van der Waals surface area contributed by atoms with Crippen molar-refractivity contribution in [1.82, 2.24) is 45.5 Å². The molecular weight excluding hydrogens is 739 g/mol. The monoisotopic (exact) mass is 777 g/mol. The van der Waals surface area contributed by atoms with Gasteiger partial charge in [-0.1, -0.05) is 91.0 Å². The van der Waals surface area contributed by atoms with Crippen LogP contribution in [-0.2, 0) is 0 Å². The van der Waals surface area contributed by atoms with Crippen LogP contribution in [0.5, 0.6) is 0 Å². The molecule has 0 saturated carbocycles. The molecule has 0 aliphatic rings. The van der Waals surface area contributed by atoms with E-state index in [9.17, 15) is 0 Å². The molecule has 0 amide bonds.